The van der Waals surface area contributed by atoms with Crippen LogP contribution in [-0.2, 0) is 0 Å². The van der Waals surface area contributed by atoms with Crippen molar-refractivity contribution >= 4 is 9.24 Å². The molecule has 0 aromatic rings. The summed E-state index contributed by atoms with van der Waals surface area (Å²) in [4.78, 5) is 0. The summed E-state index contributed by atoms with van der Waals surface area (Å²) in [5.74, 6) is 1.98. The number of hydrogen-bond donors (Lipinski definition) is 1. The molecule has 0 heterocycles. The van der Waals surface area contributed by atoms with Gasteiger partial charge in [0.15, 0.2) is 0 Å². The zero-order valence-corrected chi connectivity index (χ0v) is 12.6. The second-order valence-corrected chi connectivity index (χ2v) is 6.00. The van der Waals surface area contributed by atoms with Crippen molar-refractivity contribution in [1.82, 2.24) is 0 Å². The zero-order valence-electron chi connectivity index (χ0n) is 11.5. The van der Waals surface area contributed by atoms with Crippen molar-refractivity contribution in [3.8, 4) is 0 Å². The highest BCUT2D eigenvalue weighted by atomic mass is 31.0. The average molecular weight is 252 g/mol. The van der Waals surface area contributed by atoms with Crippen molar-refractivity contribution < 1.29 is 5.11 Å². The van der Waals surface area contributed by atoms with Crippen LogP contribution >= 0.6 is 9.24 Å². The topological polar surface area (TPSA) is 20.2 Å². The molecule has 0 fully saturated rings. The molecule has 17 heavy (non-hydrogen) atoms. The molecule has 0 aliphatic heterocycles. The van der Waals surface area contributed by atoms with E-state index in [-0.39, 0.29) is 11.5 Å². The van der Waals surface area contributed by atoms with Crippen LogP contribution in [0.2, 0.25) is 0 Å². The highest BCUT2D eigenvalue weighted by Gasteiger charge is 2.31. The van der Waals surface area contributed by atoms with Gasteiger partial charge in [-0.15, -0.1) is 9.24 Å². The van der Waals surface area contributed by atoms with Crippen molar-refractivity contribution in [2.24, 2.45) is 5.41 Å². The molecule has 0 saturated carbocycles. The monoisotopic (exact) mass is 252 g/mol. The fourth-order valence-corrected chi connectivity index (χ4v) is 2.82. The molecule has 0 amide bonds. The fourth-order valence-electron chi connectivity index (χ4n) is 2.52. The second kappa shape index (κ2) is 5.98. The van der Waals surface area contributed by atoms with E-state index >= 15 is 0 Å². The van der Waals surface area contributed by atoms with Crippen LogP contribution < -0.4 is 0 Å². The number of rotatable bonds is 3. The molecular formula is C15H25OP. The van der Waals surface area contributed by atoms with Crippen molar-refractivity contribution in [3.05, 3.63) is 34.7 Å². The normalized spacial score (nSPS) is 25.8. The summed E-state index contributed by atoms with van der Waals surface area (Å²) in [6.07, 6.45) is 7.04. The number of hydrogen-bond acceptors (Lipinski definition) is 1. The van der Waals surface area contributed by atoms with E-state index in [0.717, 1.165) is 19.3 Å². The van der Waals surface area contributed by atoms with Gasteiger partial charge in [-0.05, 0) is 44.1 Å². The first-order chi connectivity index (χ1) is 7.88. The highest BCUT2D eigenvalue weighted by Crippen LogP contribution is 2.42. The van der Waals surface area contributed by atoms with Crippen LogP contribution in [0, 0.1) is 5.41 Å². The Morgan fingerprint density at radius 3 is 2.76 bits per heavy atom. The summed E-state index contributed by atoms with van der Waals surface area (Å²) in [6.45, 7) is 8.76. The first-order valence-electron chi connectivity index (χ1n) is 6.31. The van der Waals surface area contributed by atoms with E-state index in [0.29, 0.717) is 0 Å². The van der Waals surface area contributed by atoms with Gasteiger partial charge < -0.3 is 5.11 Å². The van der Waals surface area contributed by atoms with Crippen LogP contribution in [0.4, 0.5) is 0 Å². The molecule has 0 aromatic carbocycles. The predicted octanol–water partition coefficient (Wildman–Crippen LogP) is 4.21. The Balaban J connectivity index is 2.92. The molecule has 2 unspecified atom stereocenters. The lowest BCUT2D eigenvalue weighted by atomic mass is 9.70. The maximum Gasteiger partial charge on any atom is 0.0750 e. The molecule has 0 bridgehead atoms. The van der Waals surface area contributed by atoms with Crippen LogP contribution in [0.5, 0.6) is 0 Å². The van der Waals surface area contributed by atoms with Gasteiger partial charge in [0, 0.05) is 0 Å². The van der Waals surface area contributed by atoms with E-state index < -0.39 is 0 Å². The average Bonchev–Trinajstić information content (AvgIpc) is 2.24. The smallest absolute Gasteiger partial charge is 0.0750 e. The number of allylic oxidation sites excluding steroid dienone is 4. The first-order valence-corrected chi connectivity index (χ1v) is 6.98. The quantitative estimate of drug-likeness (QED) is 0.453. The van der Waals surface area contributed by atoms with Gasteiger partial charge in [0.05, 0.1) is 6.10 Å². The Morgan fingerprint density at radius 1 is 1.53 bits per heavy atom. The van der Waals surface area contributed by atoms with Crippen molar-refractivity contribution in [3.63, 3.8) is 0 Å². The fraction of sp³-hybridized carbons (Fsp3) is 0.600. The minimum absolute atomic E-state index is 0.227. The molecule has 96 valence electrons. The lowest BCUT2D eigenvalue weighted by Gasteiger charge is -2.36. The number of aliphatic hydroxyl groups is 1. The maximum absolute atomic E-state index is 9.95. The molecule has 0 spiro atoms. The SMILES string of the molecule is CC1=C(C/C=C(C)/C=C/P)C(C)(C)CCC1O. The molecule has 1 aliphatic rings. The standard InChI is InChI=1S/C15H25OP/c1-11(8-10-17)5-6-13-12(2)14(16)7-9-15(13,3)4/h5,8,10,14,16H,6-7,9,17H2,1-4H3/b10-8+,11-5+. The molecule has 1 aliphatic carbocycles. The van der Waals surface area contributed by atoms with Gasteiger partial charge in [0.1, 0.15) is 0 Å². The molecule has 1 rings (SSSR count). The van der Waals surface area contributed by atoms with E-state index in [9.17, 15) is 5.11 Å². The molecule has 0 saturated heterocycles. The van der Waals surface area contributed by atoms with Gasteiger partial charge in [0.25, 0.3) is 0 Å². The van der Waals surface area contributed by atoms with E-state index in [1.807, 2.05) is 5.82 Å². The summed E-state index contributed by atoms with van der Waals surface area (Å²) in [5, 5.41) is 9.95. The lowest BCUT2D eigenvalue weighted by Crippen LogP contribution is -2.27. The molecular weight excluding hydrogens is 227 g/mol. The van der Waals surface area contributed by atoms with Crippen molar-refractivity contribution in [2.45, 2.75) is 53.1 Å². The van der Waals surface area contributed by atoms with Gasteiger partial charge in [-0.3, -0.25) is 0 Å². The first kappa shape index (κ1) is 14.7. The van der Waals surface area contributed by atoms with Crippen molar-refractivity contribution in [1.29, 1.82) is 0 Å². The minimum Gasteiger partial charge on any atom is -0.389 e. The maximum atomic E-state index is 9.95. The molecule has 1 N–H and O–H groups in total. The van der Waals surface area contributed by atoms with Crippen LogP contribution in [0.1, 0.15) is 47.0 Å². The van der Waals surface area contributed by atoms with Crippen LogP contribution in [0.15, 0.2) is 34.7 Å². The van der Waals surface area contributed by atoms with Gasteiger partial charge >= 0.3 is 0 Å². The summed E-state index contributed by atoms with van der Waals surface area (Å²) in [7, 11) is 2.59. The van der Waals surface area contributed by atoms with Gasteiger partial charge in [0.2, 0.25) is 0 Å². The summed E-state index contributed by atoms with van der Waals surface area (Å²) < 4.78 is 0. The highest BCUT2D eigenvalue weighted by molar-refractivity contribution is 7.20. The second-order valence-electron chi connectivity index (χ2n) is 5.61. The van der Waals surface area contributed by atoms with E-state index in [1.54, 1.807) is 0 Å². The molecule has 2 atom stereocenters. The van der Waals surface area contributed by atoms with Gasteiger partial charge in [-0.1, -0.05) is 43.0 Å². The molecule has 0 radical (unpaired) electrons. The Labute approximate surface area is 108 Å². The van der Waals surface area contributed by atoms with Crippen LogP contribution in [0.3, 0.4) is 0 Å². The Bertz CT molecular complexity index is 361. The van der Waals surface area contributed by atoms with Crippen LogP contribution in [-0.4, -0.2) is 11.2 Å². The summed E-state index contributed by atoms with van der Waals surface area (Å²) >= 11 is 0. The third-order valence-corrected chi connectivity index (χ3v) is 4.02. The summed E-state index contributed by atoms with van der Waals surface area (Å²) in [6, 6.07) is 0. The summed E-state index contributed by atoms with van der Waals surface area (Å²) in [5.41, 5.74) is 4.09. The third kappa shape index (κ3) is 3.79. The zero-order chi connectivity index (χ0) is 13.1. The van der Waals surface area contributed by atoms with E-state index in [2.05, 4.69) is 49.1 Å². The largest absolute Gasteiger partial charge is 0.389 e. The Kier molecular flexibility index (Phi) is 5.16. The van der Waals surface area contributed by atoms with Gasteiger partial charge in [-0.2, -0.15) is 0 Å². The third-order valence-electron chi connectivity index (χ3n) is 3.82. The predicted molar refractivity (Wildman–Crippen MR) is 78.9 cm³/mol. The molecule has 1 nitrogen and oxygen atoms in total. The minimum atomic E-state index is -0.232. The van der Waals surface area contributed by atoms with Gasteiger partial charge in [-0.25, -0.2) is 0 Å². The Morgan fingerprint density at radius 2 is 2.18 bits per heavy atom. The molecule has 2 heteroatoms. The van der Waals surface area contributed by atoms with E-state index in [1.165, 1.54) is 16.7 Å². The number of aliphatic hydroxyl groups excluding tert-OH is 1. The van der Waals surface area contributed by atoms with Crippen molar-refractivity contribution in [2.75, 3.05) is 0 Å². The Hall–Kier alpha value is -0.390. The van der Waals surface area contributed by atoms with Crippen LogP contribution in [0.25, 0.3) is 0 Å². The lowest BCUT2D eigenvalue weighted by molar-refractivity contribution is 0.159. The van der Waals surface area contributed by atoms with E-state index in [4.69, 9.17) is 0 Å². The molecule has 0 aromatic heterocycles.